The summed E-state index contributed by atoms with van der Waals surface area (Å²) >= 11 is 24.0. The first kappa shape index (κ1) is 19.2. The highest BCUT2D eigenvalue weighted by Gasteiger charge is 2.17. The lowest BCUT2D eigenvalue weighted by atomic mass is 10.2. The number of anilines is 1. The lowest BCUT2D eigenvalue weighted by Gasteiger charge is -2.18. The van der Waals surface area contributed by atoms with Crippen LogP contribution in [0, 0.1) is 0 Å². The molecule has 0 saturated carbocycles. The molecule has 2 rings (SSSR count). The molecule has 0 bridgehead atoms. The lowest BCUT2D eigenvalue weighted by molar-refractivity contribution is -0.117. The molecule has 0 aliphatic heterocycles. The average Bonchev–Trinajstić information content (AvgIpc) is 2.52. The Bertz CT molecular complexity index is 742. The summed E-state index contributed by atoms with van der Waals surface area (Å²) in [6, 6.07) is 8.34. The number of carbonyl (C=O) groups is 1. The maximum absolute atomic E-state index is 12.2. The van der Waals surface area contributed by atoms with E-state index in [4.69, 9.17) is 46.4 Å². The Balaban J connectivity index is 2.05. The molecule has 0 aliphatic carbocycles. The molecule has 128 valence electrons. The molecular weight excluding hydrogens is 394 g/mol. The number of rotatable bonds is 5. The van der Waals surface area contributed by atoms with E-state index in [1.54, 1.807) is 30.1 Å². The van der Waals surface area contributed by atoms with Crippen LogP contribution >= 0.6 is 46.4 Å². The topological polar surface area (TPSA) is 52.6 Å². The van der Waals surface area contributed by atoms with E-state index in [1.807, 2.05) is 6.07 Å². The average molecular weight is 408 g/mol. The zero-order valence-electron chi connectivity index (χ0n) is 12.6. The molecule has 4 nitrogen and oxygen atoms in total. The minimum absolute atomic E-state index is 0.0606. The standard InChI is InChI=1S/C16H14Cl4N2O2/c1-22(7-9-4-2-3-5-12(9)23)8-13(24)21-16-14(19)10(17)6-11(18)15(16)20/h2-6,23H,7-8H2,1H3,(H,21,24). The second-order valence-corrected chi connectivity index (χ2v) is 6.76. The number of para-hydroxylation sites is 1. The summed E-state index contributed by atoms with van der Waals surface area (Å²) in [7, 11) is 1.75. The number of likely N-dealkylation sites (N-methyl/N-ethyl adjacent to an activating group) is 1. The van der Waals surface area contributed by atoms with Gasteiger partial charge in [-0.25, -0.2) is 0 Å². The molecule has 0 heterocycles. The van der Waals surface area contributed by atoms with Gasteiger partial charge in [-0.3, -0.25) is 9.69 Å². The fraction of sp³-hybridized carbons (Fsp3) is 0.188. The monoisotopic (exact) mass is 406 g/mol. The van der Waals surface area contributed by atoms with Crippen molar-refractivity contribution in [2.45, 2.75) is 6.54 Å². The van der Waals surface area contributed by atoms with Crippen molar-refractivity contribution in [2.75, 3.05) is 18.9 Å². The second kappa shape index (κ2) is 8.28. The number of nitrogens with zero attached hydrogens (tertiary/aromatic N) is 1. The summed E-state index contributed by atoms with van der Waals surface area (Å²) in [5, 5.41) is 13.0. The van der Waals surface area contributed by atoms with Gasteiger partial charge in [-0.1, -0.05) is 64.6 Å². The molecule has 24 heavy (non-hydrogen) atoms. The second-order valence-electron chi connectivity index (χ2n) is 5.19. The quantitative estimate of drug-likeness (QED) is 0.679. The molecule has 0 aromatic heterocycles. The van der Waals surface area contributed by atoms with Crippen LogP contribution in [0.5, 0.6) is 5.75 Å². The van der Waals surface area contributed by atoms with Crippen LogP contribution in [0.25, 0.3) is 0 Å². The van der Waals surface area contributed by atoms with Gasteiger partial charge in [0.1, 0.15) is 5.75 Å². The summed E-state index contributed by atoms with van der Waals surface area (Å²) in [5.41, 5.74) is 0.895. The molecule has 0 spiro atoms. The Hall–Kier alpha value is -1.17. The van der Waals surface area contributed by atoms with Crippen molar-refractivity contribution in [1.82, 2.24) is 4.90 Å². The van der Waals surface area contributed by atoms with Gasteiger partial charge in [0.2, 0.25) is 5.91 Å². The van der Waals surface area contributed by atoms with Crippen LogP contribution in [0.4, 0.5) is 5.69 Å². The van der Waals surface area contributed by atoms with Crippen LogP contribution < -0.4 is 5.32 Å². The molecule has 2 N–H and O–H groups in total. The molecule has 0 fully saturated rings. The highest BCUT2D eigenvalue weighted by Crippen LogP contribution is 2.40. The van der Waals surface area contributed by atoms with Crippen molar-refractivity contribution in [1.29, 1.82) is 0 Å². The van der Waals surface area contributed by atoms with Crippen molar-refractivity contribution in [3.8, 4) is 5.75 Å². The third kappa shape index (κ3) is 4.68. The number of nitrogens with one attached hydrogen (secondary N) is 1. The van der Waals surface area contributed by atoms with E-state index in [0.29, 0.717) is 6.54 Å². The van der Waals surface area contributed by atoms with Crippen LogP contribution in [0.1, 0.15) is 5.56 Å². The largest absolute Gasteiger partial charge is 0.508 e. The first-order valence-electron chi connectivity index (χ1n) is 6.88. The van der Waals surface area contributed by atoms with Crippen molar-refractivity contribution < 1.29 is 9.90 Å². The molecule has 8 heteroatoms. The van der Waals surface area contributed by atoms with Crippen LogP contribution in [0.15, 0.2) is 30.3 Å². The van der Waals surface area contributed by atoms with Gasteiger partial charge in [-0.15, -0.1) is 0 Å². The van der Waals surface area contributed by atoms with E-state index >= 15 is 0 Å². The summed E-state index contributed by atoms with van der Waals surface area (Å²) in [5.74, 6) is -0.160. The van der Waals surface area contributed by atoms with Crippen molar-refractivity contribution in [3.05, 3.63) is 56.0 Å². The van der Waals surface area contributed by atoms with Crippen molar-refractivity contribution >= 4 is 58.0 Å². The Morgan fingerprint density at radius 1 is 1.12 bits per heavy atom. The normalized spacial score (nSPS) is 10.9. The van der Waals surface area contributed by atoms with Gasteiger partial charge in [0.15, 0.2) is 0 Å². The Kier molecular flexibility index (Phi) is 6.61. The highest BCUT2D eigenvalue weighted by atomic mass is 35.5. The van der Waals surface area contributed by atoms with Gasteiger partial charge in [-0.05, 0) is 19.2 Å². The number of carbonyl (C=O) groups excluding carboxylic acids is 1. The number of phenolic OH excluding ortho intramolecular Hbond substituents is 1. The Morgan fingerprint density at radius 2 is 1.71 bits per heavy atom. The maximum atomic E-state index is 12.2. The van der Waals surface area contributed by atoms with Gasteiger partial charge in [0, 0.05) is 12.1 Å². The number of aromatic hydroxyl groups is 1. The van der Waals surface area contributed by atoms with Crippen LogP contribution in [0.3, 0.4) is 0 Å². The molecule has 2 aromatic carbocycles. The number of phenols is 1. The van der Waals surface area contributed by atoms with E-state index in [1.165, 1.54) is 6.07 Å². The zero-order valence-corrected chi connectivity index (χ0v) is 15.6. The molecule has 0 aliphatic rings. The number of halogens is 4. The fourth-order valence-corrected chi connectivity index (χ4v) is 3.00. The Labute approximate surface area is 159 Å². The molecule has 0 radical (unpaired) electrons. The first-order valence-corrected chi connectivity index (χ1v) is 8.39. The summed E-state index contributed by atoms with van der Waals surface area (Å²) in [4.78, 5) is 13.9. The molecule has 0 saturated heterocycles. The van der Waals surface area contributed by atoms with Gasteiger partial charge in [0.05, 0.1) is 32.3 Å². The van der Waals surface area contributed by atoms with Crippen LogP contribution in [-0.4, -0.2) is 29.5 Å². The van der Waals surface area contributed by atoms with Crippen LogP contribution in [0.2, 0.25) is 20.1 Å². The number of hydrogen-bond donors (Lipinski definition) is 2. The third-order valence-electron chi connectivity index (χ3n) is 3.22. The molecule has 0 atom stereocenters. The lowest BCUT2D eigenvalue weighted by Crippen LogP contribution is -2.30. The zero-order chi connectivity index (χ0) is 17.9. The van der Waals surface area contributed by atoms with Gasteiger partial charge < -0.3 is 10.4 Å². The summed E-state index contributed by atoms with van der Waals surface area (Å²) in [6.45, 7) is 0.461. The summed E-state index contributed by atoms with van der Waals surface area (Å²) in [6.07, 6.45) is 0. The minimum atomic E-state index is -0.338. The van der Waals surface area contributed by atoms with E-state index < -0.39 is 0 Å². The molecule has 2 aromatic rings. The summed E-state index contributed by atoms with van der Waals surface area (Å²) < 4.78 is 0. The smallest absolute Gasteiger partial charge is 0.238 e. The highest BCUT2D eigenvalue weighted by molar-refractivity contribution is 6.50. The predicted octanol–water partition coefficient (Wildman–Crippen LogP) is 5.08. The first-order chi connectivity index (χ1) is 11.3. The fourth-order valence-electron chi connectivity index (χ4n) is 2.10. The van der Waals surface area contributed by atoms with Gasteiger partial charge >= 0.3 is 0 Å². The van der Waals surface area contributed by atoms with E-state index in [0.717, 1.165) is 5.56 Å². The molecule has 0 unspecified atom stereocenters. The molecular formula is C16H14Cl4N2O2. The van der Waals surface area contributed by atoms with Gasteiger partial charge in [-0.2, -0.15) is 0 Å². The SMILES string of the molecule is CN(CC(=O)Nc1c(Cl)c(Cl)cc(Cl)c1Cl)Cc1ccccc1O. The molecule has 1 amide bonds. The van der Waals surface area contributed by atoms with E-state index in [2.05, 4.69) is 5.32 Å². The minimum Gasteiger partial charge on any atom is -0.508 e. The third-order valence-corrected chi connectivity index (χ3v) is 4.80. The number of hydrogen-bond acceptors (Lipinski definition) is 3. The van der Waals surface area contributed by atoms with Gasteiger partial charge in [0.25, 0.3) is 0 Å². The van der Waals surface area contributed by atoms with E-state index in [-0.39, 0.29) is 44.0 Å². The maximum Gasteiger partial charge on any atom is 0.238 e. The predicted molar refractivity (Wildman–Crippen MR) is 99.6 cm³/mol. The van der Waals surface area contributed by atoms with Crippen molar-refractivity contribution in [3.63, 3.8) is 0 Å². The number of benzene rings is 2. The number of amides is 1. The van der Waals surface area contributed by atoms with Crippen molar-refractivity contribution in [2.24, 2.45) is 0 Å². The van der Waals surface area contributed by atoms with E-state index in [9.17, 15) is 9.90 Å². The Morgan fingerprint density at radius 3 is 2.29 bits per heavy atom. The van der Waals surface area contributed by atoms with Crippen LogP contribution in [-0.2, 0) is 11.3 Å².